The van der Waals surface area contributed by atoms with Crippen molar-refractivity contribution in [2.24, 2.45) is 0 Å². The minimum atomic E-state index is -0.124. The molecule has 5 heteroatoms. The van der Waals surface area contributed by atoms with Gasteiger partial charge in [-0.3, -0.25) is 4.79 Å². The van der Waals surface area contributed by atoms with Crippen LogP contribution in [0.3, 0.4) is 0 Å². The Kier molecular flexibility index (Phi) is 4.48. The minimum Gasteiger partial charge on any atom is -0.489 e. The molecule has 114 valence electrons. The molecule has 0 amide bonds. The molecule has 1 aromatic rings. The molecule has 0 radical (unpaired) electrons. The molecule has 21 heavy (non-hydrogen) atoms. The molecule has 1 spiro atoms. The summed E-state index contributed by atoms with van der Waals surface area (Å²) in [6, 6.07) is 5.29. The number of hydrogen-bond donors (Lipinski definition) is 0. The van der Waals surface area contributed by atoms with Crippen LogP contribution in [0.5, 0.6) is 5.75 Å². The molecule has 2 aliphatic rings. The number of hydrogen-bond acceptors (Lipinski definition) is 4. The fourth-order valence-electron chi connectivity index (χ4n) is 3.09. The lowest BCUT2D eigenvalue weighted by Gasteiger charge is -2.43. The van der Waals surface area contributed by atoms with Gasteiger partial charge in [-0.2, -0.15) is 0 Å². The van der Waals surface area contributed by atoms with Gasteiger partial charge in [0.2, 0.25) is 0 Å². The van der Waals surface area contributed by atoms with Crippen molar-refractivity contribution in [2.75, 3.05) is 19.8 Å². The van der Waals surface area contributed by atoms with E-state index in [2.05, 4.69) is 0 Å². The van der Waals surface area contributed by atoms with E-state index >= 15 is 0 Å². The standard InChI is InChI=1S/C16H19ClO4/c17-14-2-1-3-15(13(14)11-18)21-12-4-7-20-16(10-12)5-8-19-9-6-16/h1-3,11-12H,4-10H2. The molecule has 0 bridgehead atoms. The molecule has 0 aromatic heterocycles. The van der Waals surface area contributed by atoms with E-state index in [0.29, 0.717) is 22.9 Å². The van der Waals surface area contributed by atoms with E-state index in [1.54, 1.807) is 18.2 Å². The molecular weight excluding hydrogens is 292 g/mol. The number of aldehydes is 1. The van der Waals surface area contributed by atoms with Crippen LogP contribution in [-0.4, -0.2) is 37.8 Å². The molecule has 0 aliphatic carbocycles. The lowest BCUT2D eigenvalue weighted by molar-refractivity contribution is -0.155. The van der Waals surface area contributed by atoms with Crippen LogP contribution in [0.15, 0.2) is 18.2 Å². The highest BCUT2D eigenvalue weighted by Crippen LogP contribution is 2.36. The SMILES string of the molecule is O=Cc1c(Cl)cccc1OC1CCOC2(CCOCC2)C1. The quantitative estimate of drug-likeness (QED) is 0.804. The van der Waals surface area contributed by atoms with Crippen molar-refractivity contribution in [1.82, 2.24) is 0 Å². The normalized spacial score (nSPS) is 24.7. The average molecular weight is 311 g/mol. The maximum absolute atomic E-state index is 11.2. The number of carbonyl (C=O) groups is 1. The van der Waals surface area contributed by atoms with Crippen LogP contribution in [0.4, 0.5) is 0 Å². The summed E-state index contributed by atoms with van der Waals surface area (Å²) in [4.78, 5) is 11.2. The molecule has 4 nitrogen and oxygen atoms in total. The van der Waals surface area contributed by atoms with Gasteiger partial charge in [0.15, 0.2) is 6.29 Å². The van der Waals surface area contributed by atoms with Crippen LogP contribution in [0, 0.1) is 0 Å². The van der Waals surface area contributed by atoms with Crippen LogP contribution >= 0.6 is 11.6 Å². The topological polar surface area (TPSA) is 44.8 Å². The third-order valence-corrected chi connectivity index (χ3v) is 4.61. The van der Waals surface area contributed by atoms with Crippen molar-refractivity contribution >= 4 is 17.9 Å². The zero-order valence-electron chi connectivity index (χ0n) is 11.8. The monoisotopic (exact) mass is 310 g/mol. The zero-order chi connectivity index (χ0) is 14.7. The number of halogens is 1. The highest BCUT2D eigenvalue weighted by Gasteiger charge is 2.40. The van der Waals surface area contributed by atoms with E-state index in [9.17, 15) is 4.79 Å². The Morgan fingerprint density at radius 1 is 1.29 bits per heavy atom. The molecular formula is C16H19ClO4. The summed E-state index contributed by atoms with van der Waals surface area (Å²) < 4.78 is 17.5. The van der Waals surface area contributed by atoms with E-state index in [-0.39, 0.29) is 11.7 Å². The summed E-state index contributed by atoms with van der Waals surface area (Å²) in [5.74, 6) is 0.562. The van der Waals surface area contributed by atoms with Gasteiger partial charge in [0.05, 0.1) is 22.8 Å². The van der Waals surface area contributed by atoms with Gasteiger partial charge in [0, 0.05) is 26.1 Å². The second-order valence-corrected chi connectivity index (χ2v) is 6.05. The third-order valence-electron chi connectivity index (χ3n) is 4.28. The van der Waals surface area contributed by atoms with Gasteiger partial charge in [-0.25, -0.2) is 0 Å². The predicted molar refractivity (Wildman–Crippen MR) is 79.2 cm³/mol. The molecule has 3 rings (SSSR count). The highest BCUT2D eigenvalue weighted by molar-refractivity contribution is 6.33. The smallest absolute Gasteiger partial charge is 0.155 e. The Bertz CT molecular complexity index is 505. The van der Waals surface area contributed by atoms with Gasteiger partial charge in [0.25, 0.3) is 0 Å². The molecule has 2 heterocycles. The average Bonchev–Trinajstić information content (AvgIpc) is 2.48. The molecule has 1 aromatic carbocycles. The number of carbonyl (C=O) groups excluding carboxylic acids is 1. The summed E-state index contributed by atoms with van der Waals surface area (Å²) in [6.07, 6.45) is 4.27. The largest absolute Gasteiger partial charge is 0.489 e. The van der Waals surface area contributed by atoms with Gasteiger partial charge >= 0.3 is 0 Å². The molecule has 0 saturated carbocycles. The first-order valence-corrected chi connectivity index (χ1v) is 7.72. The van der Waals surface area contributed by atoms with Crippen molar-refractivity contribution < 1.29 is 19.0 Å². The molecule has 0 N–H and O–H groups in total. The van der Waals surface area contributed by atoms with E-state index in [1.165, 1.54) is 0 Å². The number of benzene rings is 1. The first-order valence-electron chi connectivity index (χ1n) is 7.34. The van der Waals surface area contributed by atoms with E-state index in [0.717, 1.165) is 45.2 Å². The first kappa shape index (κ1) is 14.8. The maximum Gasteiger partial charge on any atom is 0.155 e. The van der Waals surface area contributed by atoms with Gasteiger partial charge in [0.1, 0.15) is 11.9 Å². The Labute approximate surface area is 129 Å². The number of ether oxygens (including phenoxy) is 3. The summed E-state index contributed by atoms with van der Waals surface area (Å²) in [6.45, 7) is 2.16. The Morgan fingerprint density at radius 2 is 2.10 bits per heavy atom. The van der Waals surface area contributed by atoms with E-state index < -0.39 is 0 Å². The van der Waals surface area contributed by atoms with Crippen LogP contribution in [0.2, 0.25) is 5.02 Å². The molecule has 2 saturated heterocycles. The minimum absolute atomic E-state index is 0.0500. The van der Waals surface area contributed by atoms with E-state index in [1.807, 2.05) is 0 Å². The molecule has 1 atom stereocenters. The zero-order valence-corrected chi connectivity index (χ0v) is 12.6. The van der Waals surface area contributed by atoms with E-state index in [4.69, 9.17) is 25.8 Å². The van der Waals surface area contributed by atoms with Crippen molar-refractivity contribution in [3.05, 3.63) is 28.8 Å². The Hall–Kier alpha value is -1.10. The lowest BCUT2D eigenvalue weighted by Crippen LogP contribution is -2.47. The van der Waals surface area contributed by atoms with Crippen LogP contribution < -0.4 is 4.74 Å². The summed E-state index contributed by atoms with van der Waals surface area (Å²) >= 11 is 6.04. The van der Waals surface area contributed by atoms with Gasteiger partial charge in [-0.05, 0) is 25.0 Å². The first-order chi connectivity index (χ1) is 10.2. The van der Waals surface area contributed by atoms with Crippen molar-refractivity contribution in [1.29, 1.82) is 0 Å². The lowest BCUT2D eigenvalue weighted by atomic mass is 9.85. The molecule has 1 unspecified atom stereocenters. The predicted octanol–water partition coefficient (Wildman–Crippen LogP) is 3.26. The van der Waals surface area contributed by atoms with Gasteiger partial charge in [-0.15, -0.1) is 0 Å². The van der Waals surface area contributed by atoms with Gasteiger partial charge in [-0.1, -0.05) is 17.7 Å². The van der Waals surface area contributed by atoms with Crippen molar-refractivity contribution in [2.45, 2.75) is 37.4 Å². The van der Waals surface area contributed by atoms with Crippen molar-refractivity contribution in [3.63, 3.8) is 0 Å². The maximum atomic E-state index is 11.2. The van der Waals surface area contributed by atoms with Crippen LogP contribution in [0.1, 0.15) is 36.0 Å². The molecule has 2 aliphatic heterocycles. The number of rotatable bonds is 3. The fraction of sp³-hybridized carbons (Fsp3) is 0.562. The Balaban J connectivity index is 1.73. The third kappa shape index (κ3) is 3.23. The Morgan fingerprint density at radius 3 is 2.86 bits per heavy atom. The summed E-state index contributed by atoms with van der Waals surface area (Å²) in [5, 5.41) is 0.426. The second kappa shape index (κ2) is 6.34. The summed E-state index contributed by atoms with van der Waals surface area (Å²) in [5.41, 5.74) is 0.299. The second-order valence-electron chi connectivity index (χ2n) is 5.65. The molecule has 2 fully saturated rings. The highest BCUT2D eigenvalue weighted by atomic mass is 35.5. The van der Waals surface area contributed by atoms with Crippen LogP contribution in [0.25, 0.3) is 0 Å². The van der Waals surface area contributed by atoms with Gasteiger partial charge < -0.3 is 14.2 Å². The van der Waals surface area contributed by atoms with Crippen LogP contribution in [-0.2, 0) is 9.47 Å². The fourth-order valence-corrected chi connectivity index (χ4v) is 3.30. The van der Waals surface area contributed by atoms with Crippen molar-refractivity contribution in [3.8, 4) is 5.75 Å². The summed E-state index contributed by atoms with van der Waals surface area (Å²) in [7, 11) is 0.